The number of ether oxygens (including phenoxy) is 1. The molecule has 2 aromatic carbocycles. The van der Waals surface area contributed by atoms with Gasteiger partial charge in [-0.05, 0) is 31.0 Å². The molecule has 114 valence electrons. The number of anilines is 1. The number of amides is 1. The van der Waals surface area contributed by atoms with Crippen molar-refractivity contribution in [1.82, 2.24) is 0 Å². The summed E-state index contributed by atoms with van der Waals surface area (Å²) in [5.41, 5.74) is 2.50. The molecule has 0 spiro atoms. The van der Waals surface area contributed by atoms with Crippen LogP contribution in [0.4, 0.5) is 5.69 Å². The Hall–Kier alpha value is -1.84. The van der Waals surface area contributed by atoms with Gasteiger partial charge in [-0.3, -0.25) is 9.69 Å². The molecule has 0 radical (unpaired) electrons. The zero-order chi connectivity index (χ0) is 15.4. The Labute approximate surface area is 135 Å². The summed E-state index contributed by atoms with van der Waals surface area (Å²) in [6.07, 6.45) is 1.44. The molecular weight excluding hydrogens is 298 g/mol. The summed E-state index contributed by atoms with van der Waals surface area (Å²) >= 11 is 5.71. The van der Waals surface area contributed by atoms with Gasteiger partial charge >= 0.3 is 0 Å². The van der Waals surface area contributed by atoms with E-state index < -0.39 is 0 Å². The van der Waals surface area contributed by atoms with Crippen LogP contribution in [-0.2, 0) is 4.74 Å². The minimum absolute atomic E-state index is 0.0101. The number of rotatable bonds is 6. The Balaban J connectivity index is 1.89. The molecule has 0 saturated heterocycles. The lowest BCUT2D eigenvalue weighted by Crippen LogP contribution is -2.29. The number of nitrogens with zero attached hydrogens (tertiary/aromatic N) is 1. The highest BCUT2D eigenvalue weighted by Crippen LogP contribution is 2.38. The number of hydrogen-bond donors (Lipinski definition) is 0. The molecule has 1 heterocycles. The van der Waals surface area contributed by atoms with Gasteiger partial charge in [0.2, 0.25) is 0 Å². The fourth-order valence-corrected chi connectivity index (χ4v) is 2.87. The monoisotopic (exact) mass is 315 g/mol. The second-order valence-corrected chi connectivity index (χ2v) is 5.60. The third kappa shape index (κ3) is 2.87. The molecule has 1 unspecified atom stereocenters. The van der Waals surface area contributed by atoms with E-state index in [1.54, 1.807) is 4.90 Å². The van der Waals surface area contributed by atoms with Gasteiger partial charge in [0.15, 0.2) is 6.23 Å². The van der Waals surface area contributed by atoms with Crippen LogP contribution in [0, 0.1) is 0 Å². The molecule has 4 heteroatoms. The lowest BCUT2D eigenvalue weighted by atomic mass is 10.1. The standard InChI is InChI=1S/C18H18ClNO2/c19-12-6-7-13-22-18-16-11-5-4-10-15(16)17(21)20(18)14-8-2-1-3-9-14/h1-5,8-11,18H,6-7,12-13H2. The average Bonchev–Trinajstić information content (AvgIpc) is 2.85. The summed E-state index contributed by atoms with van der Waals surface area (Å²) in [4.78, 5) is 14.4. The Morgan fingerprint density at radius 3 is 2.50 bits per heavy atom. The SMILES string of the molecule is O=C1c2ccccc2C(OCCCCCl)N1c1ccccc1. The molecule has 1 amide bonds. The van der Waals surface area contributed by atoms with Crippen LogP contribution in [0.2, 0.25) is 0 Å². The molecule has 1 aliphatic heterocycles. The van der Waals surface area contributed by atoms with Gasteiger partial charge in [0.1, 0.15) is 0 Å². The minimum atomic E-state index is -0.360. The molecule has 3 rings (SSSR count). The number of alkyl halides is 1. The van der Waals surface area contributed by atoms with E-state index in [1.165, 1.54) is 0 Å². The zero-order valence-electron chi connectivity index (χ0n) is 12.2. The second kappa shape index (κ2) is 6.95. The van der Waals surface area contributed by atoms with Crippen molar-refractivity contribution in [2.24, 2.45) is 0 Å². The van der Waals surface area contributed by atoms with Crippen molar-refractivity contribution in [2.45, 2.75) is 19.1 Å². The molecule has 1 aliphatic rings. The Morgan fingerprint density at radius 1 is 1.00 bits per heavy atom. The van der Waals surface area contributed by atoms with Crippen molar-refractivity contribution in [2.75, 3.05) is 17.4 Å². The number of carbonyl (C=O) groups excluding carboxylic acids is 1. The number of halogens is 1. The largest absolute Gasteiger partial charge is 0.354 e. The maximum absolute atomic E-state index is 12.7. The molecule has 3 nitrogen and oxygen atoms in total. The van der Waals surface area contributed by atoms with Crippen molar-refractivity contribution >= 4 is 23.2 Å². The summed E-state index contributed by atoms with van der Waals surface area (Å²) < 4.78 is 6.02. The summed E-state index contributed by atoms with van der Waals surface area (Å²) in [5, 5.41) is 0. The van der Waals surface area contributed by atoms with Crippen LogP contribution in [0.5, 0.6) is 0 Å². The van der Waals surface area contributed by atoms with Gasteiger partial charge in [-0.2, -0.15) is 0 Å². The molecule has 0 N–H and O–H groups in total. The van der Waals surface area contributed by atoms with Crippen molar-refractivity contribution in [3.8, 4) is 0 Å². The van der Waals surface area contributed by atoms with E-state index in [1.807, 2.05) is 54.6 Å². The first kappa shape index (κ1) is 15.1. The van der Waals surface area contributed by atoms with Gasteiger partial charge in [-0.25, -0.2) is 0 Å². The minimum Gasteiger partial charge on any atom is -0.354 e. The summed E-state index contributed by atoms with van der Waals surface area (Å²) in [6.45, 7) is 0.586. The van der Waals surface area contributed by atoms with Crippen LogP contribution in [-0.4, -0.2) is 18.4 Å². The van der Waals surface area contributed by atoms with Crippen LogP contribution >= 0.6 is 11.6 Å². The first-order chi connectivity index (χ1) is 10.8. The van der Waals surface area contributed by atoms with E-state index in [4.69, 9.17) is 16.3 Å². The quantitative estimate of drug-likeness (QED) is 0.585. The number of hydrogen-bond acceptors (Lipinski definition) is 2. The van der Waals surface area contributed by atoms with Gasteiger partial charge in [-0.15, -0.1) is 11.6 Å². The molecular formula is C18H18ClNO2. The van der Waals surface area contributed by atoms with Gasteiger partial charge in [0.05, 0.1) is 0 Å². The van der Waals surface area contributed by atoms with Crippen LogP contribution in [0.1, 0.15) is 35.0 Å². The van der Waals surface area contributed by atoms with Crippen molar-refractivity contribution in [1.29, 1.82) is 0 Å². The highest BCUT2D eigenvalue weighted by molar-refractivity contribution is 6.17. The predicted molar refractivity (Wildman–Crippen MR) is 88.3 cm³/mol. The number of para-hydroxylation sites is 1. The molecule has 0 aliphatic carbocycles. The van der Waals surface area contributed by atoms with Crippen LogP contribution < -0.4 is 4.90 Å². The van der Waals surface area contributed by atoms with E-state index in [-0.39, 0.29) is 12.1 Å². The first-order valence-electron chi connectivity index (χ1n) is 7.48. The summed E-state index contributed by atoms with van der Waals surface area (Å²) in [5.74, 6) is 0.621. The molecule has 22 heavy (non-hydrogen) atoms. The first-order valence-corrected chi connectivity index (χ1v) is 8.01. The van der Waals surface area contributed by atoms with E-state index in [2.05, 4.69) is 0 Å². The maximum atomic E-state index is 12.7. The smallest absolute Gasteiger partial charge is 0.261 e. The van der Waals surface area contributed by atoms with Gasteiger partial charge in [-0.1, -0.05) is 36.4 Å². The van der Waals surface area contributed by atoms with Crippen LogP contribution in [0.25, 0.3) is 0 Å². The lowest BCUT2D eigenvalue weighted by Gasteiger charge is -2.25. The van der Waals surface area contributed by atoms with Crippen molar-refractivity contribution < 1.29 is 9.53 Å². The van der Waals surface area contributed by atoms with E-state index >= 15 is 0 Å². The average molecular weight is 316 g/mol. The lowest BCUT2D eigenvalue weighted by molar-refractivity contribution is 0.0506. The number of unbranched alkanes of at least 4 members (excludes halogenated alkanes) is 1. The molecule has 1 atom stereocenters. The van der Waals surface area contributed by atoms with E-state index in [0.717, 1.165) is 24.1 Å². The summed E-state index contributed by atoms with van der Waals surface area (Å²) in [6, 6.07) is 17.3. The zero-order valence-corrected chi connectivity index (χ0v) is 13.0. The molecule has 0 fully saturated rings. The topological polar surface area (TPSA) is 29.5 Å². The van der Waals surface area contributed by atoms with Gasteiger partial charge < -0.3 is 4.74 Å². The third-order valence-electron chi connectivity index (χ3n) is 3.75. The number of benzene rings is 2. The van der Waals surface area contributed by atoms with Gasteiger partial charge in [0, 0.05) is 29.3 Å². The summed E-state index contributed by atoms with van der Waals surface area (Å²) in [7, 11) is 0. The maximum Gasteiger partial charge on any atom is 0.261 e. The number of fused-ring (bicyclic) bond motifs is 1. The Morgan fingerprint density at radius 2 is 1.73 bits per heavy atom. The van der Waals surface area contributed by atoms with Gasteiger partial charge in [0.25, 0.3) is 5.91 Å². The normalized spacial score (nSPS) is 16.9. The predicted octanol–water partition coefficient (Wildman–Crippen LogP) is 4.38. The molecule has 0 aromatic heterocycles. The van der Waals surface area contributed by atoms with Crippen LogP contribution in [0.3, 0.4) is 0 Å². The number of carbonyl (C=O) groups is 1. The Kier molecular flexibility index (Phi) is 4.76. The third-order valence-corrected chi connectivity index (χ3v) is 4.02. The second-order valence-electron chi connectivity index (χ2n) is 5.22. The molecule has 0 saturated carbocycles. The fraction of sp³-hybridized carbons (Fsp3) is 0.278. The molecule has 2 aromatic rings. The van der Waals surface area contributed by atoms with Crippen LogP contribution in [0.15, 0.2) is 54.6 Å². The highest BCUT2D eigenvalue weighted by atomic mass is 35.5. The Bertz CT molecular complexity index is 645. The van der Waals surface area contributed by atoms with Crippen molar-refractivity contribution in [3.05, 3.63) is 65.7 Å². The van der Waals surface area contributed by atoms with Crippen molar-refractivity contribution in [3.63, 3.8) is 0 Å². The fourth-order valence-electron chi connectivity index (χ4n) is 2.68. The highest BCUT2D eigenvalue weighted by Gasteiger charge is 2.37. The van der Waals surface area contributed by atoms with E-state index in [0.29, 0.717) is 18.1 Å². The molecule has 0 bridgehead atoms. The van der Waals surface area contributed by atoms with E-state index in [9.17, 15) is 4.79 Å².